The van der Waals surface area contributed by atoms with Gasteiger partial charge in [-0.3, -0.25) is 0 Å². The molecule has 0 N–H and O–H groups in total. The molecule has 0 saturated heterocycles. The first kappa shape index (κ1) is 45.4. The van der Waals surface area contributed by atoms with Crippen LogP contribution in [0, 0.1) is 0 Å². The zero-order chi connectivity index (χ0) is 51.6. The molecule has 2 aromatic heterocycles. The highest BCUT2D eigenvalue weighted by atomic mass is 16.3. The van der Waals surface area contributed by atoms with Crippen molar-refractivity contribution in [2.45, 2.75) is 103 Å². The van der Waals surface area contributed by atoms with Crippen LogP contribution in [0.5, 0.6) is 0 Å². The highest BCUT2D eigenvalue weighted by molar-refractivity contribution is 7.00. The van der Waals surface area contributed by atoms with Gasteiger partial charge in [-0.1, -0.05) is 183 Å². The molecule has 3 aliphatic heterocycles. The first-order valence-electron chi connectivity index (χ1n) is 27.6. The van der Waals surface area contributed by atoms with Crippen LogP contribution in [0.15, 0.2) is 191 Å². The van der Waals surface area contributed by atoms with Gasteiger partial charge in [-0.15, -0.1) is 0 Å². The van der Waals surface area contributed by atoms with Crippen molar-refractivity contribution in [1.82, 2.24) is 0 Å². The van der Waals surface area contributed by atoms with E-state index in [0.29, 0.717) is 0 Å². The fourth-order valence-corrected chi connectivity index (χ4v) is 14.4. The molecule has 372 valence electrons. The molecule has 0 radical (unpaired) electrons. The highest BCUT2D eigenvalue weighted by Gasteiger charge is 2.58. The second-order valence-electron chi connectivity index (χ2n) is 24.8. The Kier molecular flexibility index (Phi) is 9.45. The van der Waals surface area contributed by atoms with E-state index in [4.69, 9.17) is 8.83 Å². The maximum Gasteiger partial charge on any atom is 0.252 e. The lowest BCUT2D eigenvalue weighted by Crippen LogP contribution is -2.61. The van der Waals surface area contributed by atoms with Crippen LogP contribution in [0.3, 0.4) is 0 Å². The summed E-state index contributed by atoms with van der Waals surface area (Å²) < 4.78 is 14.0. The highest BCUT2D eigenvalue weighted by Crippen LogP contribution is 2.62. The Morgan fingerprint density at radius 2 is 1.11 bits per heavy atom. The van der Waals surface area contributed by atoms with Crippen LogP contribution in [-0.4, -0.2) is 12.3 Å². The third kappa shape index (κ3) is 6.21. The van der Waals surface area contributed by atoms with Crippen molar-refractivity contribution in [1.29, 1.82) is 0 Å². The van der Waals surface area contributed by atoms with Gasteiger partial charge in [0.25, 0.3) is 6.71 Å². The minimum Gasteiger partial charge on any atom is -0.456 e. The molecule has 2 atom stereocenters. The van der Waals surface area contributed by atoms with Gasteiger partial charge in [-0.25, -0.2) is 0 Å². The summed E-state index contributed by atoms with van der Waals surface area (Å²) in [5.74, 6) is 0. The second-order valence-corrected chi connectivity index (χ2v) is 24.8. The van der Waals surface area contributed by atoms with Gasteiger partial charge in [0.05, 0.1) is 28.0 Å². The molecule has 5 nitrogen and oxygen atoms in total. The zero-order valence-corrected chi connectivity index (χ0v) is 44.9. The fraction of sp³-hybridized carbons (Fsp3) is 0.229. The van der Waals surface area contributed by atoms with Gasteiger partial charge in [0.1, 0.15) is 16.7 Å². The van der Waals surface area contributed by atoms with Crippen molar-refractivity contribution >= 4 is 112 Å². The molecule has 4 aliphatic rings. The number of furan rings is 2. The molecule has 76 heavy (non-hydrogen) atoms. The number of fused-ring (bicyclic) bond motifs is 14. The summed E-state index contributed by atoms with van der Waals surface area (Å²) in [5, 5.41) is 4.48. The van der Waals surface area contributed by atoms with E-state index >= 15 is 0 Å². The Balaban J connectivity index is 1.14. The number of anilines is 8. The molecule has 1 fully saturated rings. The molecule has 6 heteroatoms. The lowest BCUT2D eigenvalue weighted by molar-refractivity contribution is 0.195. The van der Waals surface area contributed by atoms with E-state index in [0.717, 1.165) is 79.5 Å². The lowest BCUT2D eigenvalue weighted by Gasteiger charge is -2.51. The average Bonchev–Trinajstić information content (AvgIpc) is 4.23. The molecule has 0 amide bonds. The number of para-hydroxylation sites is 4. The quantitative estimate of drug-likeness (QED) is 0.164. The van der Waals surface area contributed by atoms with Crippen molar-refractivity contribution in [2.75, 3.05) is 14.7 Å². The Bertz CT molecular complexity index is 4230. The lowest BCUT2D eigenvalue weighted by atomic mass is 9.33. The Morgan fingerprint density at radius 1 is 0.474 bits per heavy atom. The SMILES string of the molecule is CC(C)(C)c1ccc2c(c1)B1c3ccc4oc5ccccc5c4c3N(c3ccc(C(C)(C)C)cc3-c3ccccc3)c3cc(N4c5ccccc5C5(C)CCCCC45C)cc(c31)N2c1cccc2c1oc1ccccc12. The van der Waals surface area contributed by atoms with Crippen LogP contribution in [0.2, 0.25) is 0 Å². The maximum absolute atomic E-state index is 7.08. The number of benzene rings is 9. The van der Waals surface area contributed by atoms with Gasteiger partial charge < -0.3 is 23.5 Å². The van der Waals surface area contributed by atoms with E-state index in [2.05, 4.69) is 252 Å². The van der Waals surface area contributed by atoms with Crippen molar-refractivity contribution < 1.29 is 8.83 Å². The van der Waals surface area contributed by atoms with Gasteiger partial charge >= 0.3 is 0 Å². The van der Waals surface area contributed by atoms with Gasteiger partial charge in [0.2, 0.25) is 0 Å². The van der Waals surface area contributed by atoms with Gasteiger partial charge in [-0.2, -0.15) is 0 Å². The summed E-state index contributed by atoms with van der Waals surface area (Å²) >= 11 is 0. The third-order valence-electron chi connectivity index (χ3n) is 18.5. The summed E-state index contributed by atoms with van der Waals surface area (Å²) in [7, 11) is 0. The normalized spacial score (nSPS) is 18.8. The predicted octanol–water partition coefficient (Wildman–Crippen LogP) is 17.6. The molecule has 5 heterocycles. The van der Waals surface area contributed by atoms with Crippen LogP contribution < -0.4 is 31.1 Å². The number of hydrogen-bond donors (Lipinski definition) is 0. The Labute approximate surface area is 446 Å². The summed E-state index contributed by atoms with van der Waals surface area (Å²) in [6.07, 6.45) is 4.64. The standard InChI is InChI=1S/C70H62BN3O2/c1-67(2,3)44-31-34-54(50(39-44)43-21-10-9-11-22-43)73-59-42-46(74-55-27-15-14-26-51(55)69(7)37-18-19-38-70(69,74)8)41-58-64(59)71(52-33-36-62-63(65(52)73)49-24-13-17-30-61(49)75-62)53-40-45(68(4,5)6)32-35-56(53)72(58)57-28-20-25-48-47-23-12-16-29-60(47)76-66(48)57/h9-17,20-36,39-42H,18-19,37-38H2,1-8H3. The van der Waals surface area contributed by atoms with E-state index in [-0.39, 0.29) is 28.5 Å². The first-order valence-corrected chi connectivity index (χ1v) is 27.6. The van der Waals surface area contributed by atoms with Gasteiger partial charge in [0, 0.05) is 55.6 Å². The van der Waals surface area contributed by atoms with Crippen molar-refractivity contribution in [2.24, 2.45) is 0 Å². The summed E-state index contributed by atoms with van der Waals surface area (Å²) in [5.41, 5.74) is 22.6. The van der Waals surface area contributed by atoms with Crippen LogP contribution in [0.4, 0.5) is 45.5 Å². The van der Waals surface area contributed by atoms with Gasteiger partial charge in [0.15, 0.2) is 5.58 Å². The van der Waals surface area contributed by atoms with E-state index in [1.165, 1.54) is 79.8 Å². The van der Waals surface area contributed by atoms with Gasteiger partial charge in [-0.05, 0) is 130 Å². The molecule has 1 aliphatic carbocycles. The van der Waals surface area contributed by atoms with Crippen molar-refractivity contribution in [3.8, 4) is 11.1 Å². The molecule has 15 rings (SSSR count). The number of nitrogens with zero attached hydrogens (tertiary/aromatic N) is 3. The van der Waals surface area contributed by atoms with Crippen LogP contribution in [-0.2, 0) is 16.2 Å². The Morgan fingerprint density at radius 3 is 1.88 bits per heavy atom. The number of hydrogen-bond acceptors (Lipinski definition) is 5. The van der Waals surface area contributed by atoms with Crippen molar-refractivity contribution in [3.63, 3.8) is 0 Å². The van der Waals surface area contributed by atoms with Crippen LogP contribution in [0.1, 0.15) is 97.8 Å². The minimum atomic E-state index is -0.192. The maximum atomic E-state index is 7.08. The molecule has 0 spiro atoms. The minimum absolute atomic E-state index is 0.0511. The van der Waals surface area contributed by atoms with E-state index in [9.17, 15) is 0 Å². The zero-order valence-electron chi connectivity index (χ0n) is 44.9. The molecular weight excluding hydrogens is 926 g/mol. The molecule has 9 aromatic carbocycles. The summed E-state index contributed by atoms with van der Waals surface area (Å²) in [6, 6.07) is 68.6. The third-order valence-corrected chi connectivity index (χ3v) is 18.5. The van der Waals surface area contributed by atoms with Crippen LogP contribution in [0.25, 0.3) is 55.0 Å². The largest absolute Gasteiger partial charge is 0.456 e. The fourth-order valence-electron chi connectivity index (χ4n) is 14.4. The van der Waals surface area contributed by atoms with E-state index in [1.54, 1.807) is 0 Å². The van der Waals surface area contributed by atoms with Crippen LogP contribution >= 0.6 is 0 Å². The average molecular weight is 988 g/mol. The summed E-state index contributed by atoms with van der Waals surface area (Å²) in [4.78, 5) is 8.01. The van der Waals surface area contributed by atoms with E-state index < -0.39 is 0 Å². The first-order chi connectivity index (χ1) is 36.7. The second kappa shape index (κ2) is 15.8. The monoisotopic (exact) mass is 987 g/mol. The molecule has 11 aromatic rings. The topological polar surface area (TPSA) is 36.0 Å². The van der Waals surface area contributed by atoms with E-state index in [1.807, 2.05) is 0 Å². The predicted molar refractivity (Wildman–Crippen MR) is 321 cm³/mol. The number of rotatable bonds is 4. The molecule has 0 bridgehead atoms. The molecular formula is C70H62BN3O2. The van der Waals surface area contributed by atoms with Crippen molar-refractivity contribution in [3.05, 3.63) is 199 Å². The smallest absolute Gasteiger partial charge is 0.252 e. The molecule has 2 unspecified atom stereocenters. The summed E-state index contributed by atoms with van der Waals surface area (Å²) in [6.45, 7) is 19.0. The molecule has 1 saturated carbocycles. The Hall–Kier alpha value is -7.96.